The summed E-state index contributed by atoms with van der Waals surface area (Å²) in [5, 5.41) is 22.1. The Labute approximate surface area is 101 Å². The van der Waals surface area contributed by atoms with E-state index in [-0.39, 0.29) is 6.61 Å². The molecule has 3 rings (SSSR count). The zero-order valence-corrected chi connectivity index (χ0v) is 9.37. The molecule has 2 aliphatic heterocycles. The van der Waals surface area contributed by atoms with Gasteiger partial charge in [0.2, 0.25) is 0 Å². The van der Waals surface area contributed by atoms with Crippen LogP contribution in [0.2, 0.25) is 0 Å². The highest BCUT2D eigenvalue weighted by Gasteiger charge is 2.64. The van der Waals surface area contributed by atoms with Gasteiger partial charge in [-0.1, -0.05) is 0 Å². The highest BCUT2D eigenvalue weighted by Crippen LogP contribution is 2.43. The molecular formula is C10H13N3O5. The summed E-state index contributed by atoms with van der Waals surface area (Å²) < 4.78 is 6.69. The van der Waals surface area contributed by atoms with E-state index in [1.54, 1.807) is 0 Å². The van der Waals surface area contributed by atoms with Crippen molar-refractivity contribution in [1.82, 2.24) is 14.9 Å². The highest BCUT2D eigenvalue weighted by atomic mass is 16.5. The molecule has 8 nitrogen and oxygen atoms in total. The molecule has 2 aliphatic rings. The quantitative estimate of drug-likeness (QED) is 0.421. The molecule has 0 radical (unpaired) electrons. The summed E-state index contributed by atoms with van der Waals surface area (Å²) in [6, 6.07) is 1.21. The Hall–Kier alpha value is -1.48. The van der Waals surface area contributed by atoms with Crippen LogP contribution in [0.15, 0.2) is 21.9 Å². The summed E-state index contributed by atoms with van der Waals surface area (Å²) in [6.45, 7) is 0.153. The van der Waals surface area contributed by atoms with Gasteiger partial charge in [-0.3, -0.25) is 14.3 Å². The zero-order valence-electron chi connectivity index (χ0n) is 9.37. The summed E-state index contributed by atoms with van der Waals surface area (Å²) >= 11 is 0. The van der Waals surface area contributed by atoms with E-state index in [1.807, 2.05) is 0 Å². The molecule has 2 fully saturated rings. The van der Waals surface area contributed by atoms with Crippen LogP contribution in [0.1, 0.15) is 6.23 Å². The third-order valence-electron chi connectivity index (χ3n) is 3.49. The number of hydrogen-bond donors (Lipinski definition) is 4. The Kier molecular flexibility index (Phi) is 2.42. The van der Waals surface area contributed by atoms with Gasteiger partial charge in [0, 0.05) is 18.8 Å². The maximum Gasteiger partial charge on any atom is 0.330 e. The molecule has 3 heterocycles. The van der Waals surface area contributed by atoms with E-state index in [0.29, 0.717) is 6.54 Å². The molecule has 0 aromatic carbocycles. The number of ether oxygens (including phenoxy) is 1. The van der Waals surface area contributed by atoms with Gasteiger partial charge in [-0.15, -0.1) is 0 Å². The molecule has 8 heteroatoms. The average Bonchev–Trinajstić information content (AvgIpc) is 3.07. The first-order valence-corrected chi connectivity index (χ1v) is 5.59. The van der Waals surface area contributed by atoms with Crippen LogP contribution in [-0.4, -0.2) is 50.7 Å². The second-order valence-corrected chi connectivity index (χ2v) is 4.57. The molecule has 4 unspecified atom stereocenters. The van der Waals surface area contributed by atoms with Crippen molar-refractivity contribution in [3.05, 3.63) is 33.1 Å². The number of nitrogens with zero attached hydrogens (tertiary/aromatic N) is 1. The van der Waals surface area contributed by atoms with Crippen molar-refractivity contribution in [3.8, 4) is 0 Å². The molecule has 18 heavy (non-hydrogen) atoms. The van der Waals surface area contributed by atoms with Gasteiger partial charge in [-0.2, -0.15) is 0 Å². The van der Waals surface area contributed by atoms with Crippen molar-refractivity contribution in [3.63, 3.8) is 0 Å². The fraction of sp³-hybridized carbons (Fsp3) is 0.600. The monoisotopic (exact) mass is 255 g/mol. The van der Waals surface area contributed by atoms with E-state index in [1.165, 1.54) is 16.8 Å². The van der Waals surface area contributed by atoms with Gasteiger partial charge >= 0.3 is 5.69 Å². The molecular weight excluding hydrogens is 242 g/mol. The minimum Gasteiger partial charge on any atom is -0.394 e. The van der Waals surface area contributed by atoms with Crippen LogP contribution in [0.25, 0.3) is 0 Å². The lowest BCUT2D eigenvalue weighted by Crippen LogP contribution is -2.42. The molecule has 0 bridgehead atoms. The zero-order chi connectivity index (χ0) is 12.9. The number of aliphatic hydroxyl groups excluding tert-OH is 2. The van der Waals surface area contributed by atoms with Crippen molar-refractivity contribution in [1.29, 1.82) is 0 Å². The molecule has 1 aromatic rings. The molecule has 4 atom stereocenters. The van der Waals surface area contributed by atoms with E-state index in [9.17, 15) is 14.7 Å². The number of rotatable bonds is 2. The lowest BCUT2D eigenvalue weighted by atomic mass is 10.00. The van der Waals surface area contributed by atoms with E-state index >= 15 is 0 Å². The van der Waals surface area contributed by atoms with Gasteiger partial charge in [-0.25, -0.2) is 4.79 Å². The summed E-state index contributed by atoms with van der Waals surface area (Å²) in [5.74, 6) is 0. The summed E-state index contributed by atoms with van der Waals surface area (Å²) in [7, 11) is 0. The predicted octanol–water partition coefficient (Wildman–Crippen LogP) is -2.87. The predicted molar refractivity (Wildman–Crippen MR) is 59.1 cm³/mol. The van der Waals surface area contributed by atoms with E-state index < -0.39 is 35.2 Å². The summed E-state index contributed by atoms with van der Waals surface area (Å²) in [4.78, 5) is 24.8. The first-order valence-electron chi connectivity index (χ1n) is 5.59. The molecule has 0 amide bonds. The lowest BCUT2D eigenvalue weighted by molar-refractivity contribution is -0.0470. The van der Waals surface area contributed by atoms with Crippen LogP contribution < -0.4 is 16.6 Å². The standard InChI is InChI=1S/C10H13N3O5/c14-3-5-7(16)10(4-11-10)8(18-5)13-2-1-6(15)12-9(13)17/h1-2,5,7-8,11,14,16H,3-4H2,(H,12,15,17). The number of H-pyrrole nitrogens is 1. The molecule has 98 valence electrons. The fourth-order valence-electron chi connectivity index (χ4n) is 2.39. The molecule has 2 saturated heterocycles. The fourth-order valence-corrected chi connectivity index (χ4v) is 2.39. The Morgan fingerprint density at radius 1 is 1.56 bits per heavy atom. The van der Waals surface area contributed by atoms with Gasteiger partial charge in [0.1, 0.15) is 17.7 Å². The largest absolute Gasteiger partial charge is 0.394 e. The van der Waals surface area contributed by atoms with Gasteiger partial charge in [-0.05, 0) is 0 Å². The van der Waals surface area contributed by atoms with Crippen LogP contribution in [0.3, 0.4) is 0 Å². The topological polar surface area (TPSA) is 126 Å². The van der Waals surface area contributed by atoms with E-state index in [0.717, 1.165) is 0 Å². The van der Waals surface area contributed by atoms with Gasteiger partial charge in [0.15, 0.2) is 6.23 Å². The van der Waals surface area contributed by atoms with Gasteiger partial charge in [0.25, 0.3) is 5.56 Å². The maximum absolute atomic E-state index is 11.7. The third-order valence-corrected chi connectivity index (χ3v) is 3.49. The van der Waals surface area contributed by atoms with Gasteiger partial charge < -0.3 is 20.3 Å². The second kappa shape index (κ2) is 3.75. The number of hydrogen-bond acceptors (Lipinski definition) is 6. The smallest absolute Gasteiger partial charge is 0.330 e. The van der Waals surface area contributed by atoms with Crippen molar-refractivity contribution in [2.24, 2.45) is 0 Å². The lowest BCUT2D eigenvalue weighted by Gasteiger charge is -2.19. The van der Waals surface area contributed by atoms with Crippen LogP contribution >= 0.6 is 0 Å². The van der Waals surface area contributed by atoms with Crippen LogP contribution in [0, 0.1) is 0 Å². The summed E-state index contributed by atoms with van der Waals surface area (Å²) in [6.07, 6.45) is -1.07. The molecule has 1 aromatic heterocycles. The second-order valence-electron chi connectivity index (χ2n) is 4.57. The highest BCUT2D eigenvalue weighted by molar-refractivity contribution is 5.18. The van der Waals surface area contributed by atoms with Gasteiger partial charge in [0.05, 0.1) is 6.61 Å². The van der Waals surface area contributed by atoms with Crippen LogP contribution in [-0.2, 0) is 4.74 Å². The number of aromatic amines is 1. The number of aromatic nitrogens is 2. The summed E-state index contributed by atoms with van der Waals surface area (Å²) in [5.41, 5.74) is -1.85. The van der Waals surface area contributed by atoms with Crippen molar-refractivity contribution in [2.75, 3.05) is 13.2 Å². The van der Waals surface area contributed by atoms with Crippen molar-refractivity contribution < 1.29 is 14.9 Å². The first kappa shape index (κ1) is 11.6. The Bertz CT molecular complexity index is 575. The van der Waals surface area contributed by atoms with Crippen LogP contribution in [0.4, 0.5) is 0 Å². The average molecular weight is 255 g/mol. The number of nitrogens with one attached hydrogen (secondary N) is 2. The molecule has 0 aliphatic carbocycles. The minimum absolute atomic E-state index is 0.334. The Morgan fingerprint density at radius 2 is 2.28 bits per heavy atom. The molecule has 4 N–H and O–H groups in total. The third kappa shape index (κ3) is 1.47. The van der Waals surface area contributed by atoms with Crippen molar-refractivity contribution >= 4 is 0 Å². The van der Waals surface area contributed by atoms with E-state index in [2.05, 4.69) is 10.3 Å². The Morgan fingerprint density at radius 3 is 2.83 bits per heavy atom. The normalized spacial score (nSPS) is 38.2. The Balaban J connectivity index is 2.02. The maximum atomic E-state index is 11.7. The van der Waals surface area contributed by atoms with E-state index in [4.69, 9.17) is 9.84 Å². The molecule has 0 saturated carbocycles. The first-order chi connectivity index (χ1) is 8.58. The van der Waals surface area contributed by atoms with Crippen LogP contribution in [0.5, 0.6) is 0 Å². The molecule has 1 spiro atoms. The van der Waals surface area contributed by atoms with Crippen molar-refractivity contribution in [2.45, 2.75) is 24.0 Å². The number of aliphatic hydroxyl groups is 2. The SMILES string of the molecule is O=c1ccn(C2OC(CO)C(O)C23CN3)c(=O)[nH]1. The minimum atomic E-state index is -0.897.